The second-order valence-electron chi connectivity index (χ2n) is 4.08. The van der Waals surface area contributed by atoms with E-state index in [0.717, 1.165) is 38.2 Å². The molecule has 1 aromatic rings. The van der Waals surface area contributed by atoms with Crippen molar-refractivity contribution in [1.29, 1.82) is 0 Å². The molecule has 0 aromatic carbocycles. The van der Waals surface area contributed by atoms with E-state index in [1.54, 1.807) is 0 Å². The normalized spacial score (nSPS) is 12.9. The summed E-state index contributed by atoms with van der Waals surface area (Å²) in [4.78, 5) is 4.33. The molecule has 1 atom stereocenters. The van der Waals surface area contributed by atoms with E-state index in [1.165, 1.54) is 0 Å². The van der Waals surface area contributed by atoms with Gasteiger partial charge in [0.2, 0.25) is 0 Å². The van der Waals surface area contributed by atoms with Gasteiger partial charge in [0.1, 0.15) is 5.82 Å². The van der Waals surface area contributed by atoms with Gasteiger partial charge in [-0.05, 0) is 12.8 Å². The third-order valence-corrected chi connectivity index (χ3v) is 2.39. The zero-order valence-electron chi connectivity index (χ0n) is 10.4. The summed E-state index contributed by atoms with van der Waals surface area (Å²) in [5.74, 6) is 1.06. The summed E-state index contributed by atoms with van der Waals surface area (Å²) >= 11 is 0. The van der Waals surface area contributed by atoms with Crippen LogP contribution in [0, 0.1) is 0 Å². The highest BCUT2D eigenvalue weighted by atomic mass is 16.5. The van der Waals surface area contributed by atoms with Crippen molar-refractivity contribution < 1.29 is 4.74 Å². The average molecular weight is 225 g/mol. The quantitative estimate of drug-likeness (QED) is 0.684. The standard InChI is InChI=1S/C12H23N3O/c1-3-6-15-7-5-14-12(15)9-11(13)10-16-8-4-2/h5,7,11H,3-4,6,8-10,13H2,1-2H3. The fourth-order valence-electron chi connectivity index (χ4n) is 1.65. The Balaban J connectivity index is 2.36. The zero-order valence-corrected chi connectivity index (χ0v) is 10.4. The Kier molecular flexibility index (Phi) is 6.11. The molecule has 4 heteroatoms. The number of hydrogen-bond donors (Lipinski definition) is 1. The van der Waals surface area contributed by atoms with E-state index in [2.05, 4.69) is 23.4 Å². The van der Waals surface area contributed by atoms with Crippen molar-refractivity contribution in [2.75, 3.05) is 13.2 Å². The Morgan fingerprint density at radius 3 is 2.94 bits per heavy atom. The molecule has 1 heterocycles. The van der Waals surface area contributed by atoms with Gasteiger partial charge in [0.25, 0.3) is 0 Å². The van der Waals surface area contributed by atoms with Crippen LogP contribution in [0.25, 0.3) is 0 Å². The Morgan fingerprint density at radius 1 is 1.44 bits per heavy atom. The Morgan fingerprint density at radius 2 is 2.25 bits per heavy atom. The molecule has 1 rings (SSSR count). The van der Waals surface area contributed by atoms with Crippen LogP contribution in [0.4, 0.5) is 0 Å². The first-order valence-electron chi connectivity index (χ1n) is 6.11. The molecule has 1 aromatic heterocycles. The van der Waals surface area contributed by atoms with E-state index in [4.69, 9.17) is 10.5 Å². The highest BCUT2D eigenvalue weighted by Gasteiger charge is 2.08. The molecule has 0 radical (unpaired) electrons. The number of imidazole rings is 1. The lowest BCUT2D eigenvalue weighted by Gasteiger charge is -2.12. The van der Waals surface area contributed by atoms with Crippen molar-refractivity contribution >= 4 is 0 Å². The maximum atomic E-state index is 5.99. The molecule has 1 unspecified atom stereocenters. The molecule has 2 N–H and O–H groups in total. The summed E-state index contributed by atoms with van der Waals surface area (Å²) < 4.78 is 7.60. The first-order chi connectivity index (χ1) is 7.77. The molecule has 0 aliphatic heterocycles. The number of hydrogen-bond acceptors (Lipinski definition) is 3. The van der Waals surface area contributed by atoms with Crippen LogP contribution in [-0.4, -0.2) is 28.8 Å². The molecular weight excluding hydrogens is 202 g/mol. The van der Waals surface area contributed by atoms with Gasteiger partial charge in [-0.25, -0.2) is 4.98 Å². The number of nitrogens with two attached hydrogens (primary N) is 1. The lowest BCUT2D eigenvalue weighted by Crippen LogP contribution is -2.30. The van der Waals surface area contributed by atoms with Crippen LogP contribution in [0.5, 0.6) is 0 Å². The molecule has 0 aliphatic carbocycles. The van der Waals surface area contributed by atoms with E-state index < -0.39 is 0 Å². The van der Waals surface area contributed by atoms with Gasteiger partial charge in [0, 0.05) is 38.0 Å². The predicted molar refractivity (Wildman–Crippen MR) is 65.3 cm³/mol. The molecule has 0 bridgehead atoms. The third kappa shape index (κ3) is 4.33. The van der Waals surface area contributed by atoms with Crippen LogP contribution in [0.2, 0.25) is 0 Å². The second kappa shape index (κ2) is 7.41. The maximum Gasteiger partial charge on any atom is 0.110 e. The highest BCUT2D eigenvalue weighted by Crippen LogP contribution is 2.02. The van der Waals surface area contributed by atoms with Gasteiger partial charge in [-0.3, -0.25) is 0 Å². The lowest BCUT2D eigenvalue weighted by molar-refractivity contribution is 0.120. The molecular formula is C12H23N3O. The van der Waals surface area contributed by atoms with E-state index in [0.29, 0.717) is 6.61 Å². The number of nitrogens with zero attached hydrogens (tertiary/aromatic N) is 2. The van der Waals surface area contributed by atoms with Crippen molar-refractivity contribution in [3.8, 4) is 0 Å². The fraction of sp³-hybridized carbons (Fsp3) is 0.750. The SMILES string of the molecule is CCCOCC(N)Cc1nccn1CCC. The van der Waals surface area contributed by atoms with Crippen LogP contribution in [0.1, 0.15) is 32.5 Å². The molecule has 92 valence electrons. The topological polar surface area (TPSA) is 53.1 Å². The predicted octanol–water partition coefficient (Wildman–Crippen LogP) is 1.59. The fourth-order valence-corrected chi connectivity index (χ4v) is 1.65. The largest absolute Gasteiger partial charge is 0.380 e. The third-order valence-electron chi connectivity index (χ3n) is 2.39. The van der Waals surface area contributed by atoms with Gasteiger partial charge < -0.3 is 15.0 Å². The molecule has 4 nitrogen and oxygen atoms in total. The summed E-state index contributed by atoms with van der Waals surface area (Å²) in [6, 6.07) is 0.0459. The lowest BCUT2D eigenvalue weighted by atomic mass is 10.2. The van der Waals surface area contributed by atoms with E-state index in [1.807, 2.05) is 12.4 Å². The number of ether oxygens (including phenoxy) is 1. The van der Waals surface area contributed by atoms with Gasteiger partial charge in [-0.15, -0.1) is 0 Å². The monoisotopic (exact) mass is 225 g/mol. The second-order valence-corrected chi connectivity index (χ2v) is 4.08. The van der Waals surface area contributed by atoms with Crippen molar-refractivity contribution in [2.24, 2.45) is 5.73 Å². The van der Waals surface area contributed by atoms with Gasteiger partial charge in [-0.1, -0.05) is 13.8 Å². The molecule has 0 amide bonds. The Bertz CT molecular complexity index is 286. The summed E-state index contributed by atoms with van der Waals surface area (Å²) in [5, 5.41) is 0. The zero-order chi connectivity index (χ0) is 11.8. The molecule has 0 aliphatic rings. The van der Waals surface area contributed by atoms with E-state index in [-0.39, 0.29) is 6.04 Å². The summed E-state index contributed by atoms with van der Waals surface area (Å²) in [5.41, 5.74) is 5.99. The molecule has 16 heavy (non-hydrogen) atoms. The minimum absolute atomic E-state index is 0.0459. The first kappa shape index (κ1) is 13.2. The smallest absolute Gasteiger partial charge is 0.110 e. The minimum Gasteiger partial charge on any atom is -0.380 e. The number of aromatic nitrogens is 2. The van der Waals surface area contributed by atoms with Crippen LogP contribution >= 0.6 is 0 Å². The molecule has 0 saturated carbocycles. The van der Waals surface area contributed by atoms with E-state index in [9.17, 15) is 0 Å². The van der Waals surface area contributed by atoms with Crippen LogP contribution in [0.15, 0.2) is 12.4 Å². The molecule has 0 saturated heterocycles. The van der Waals surface area contributed by atoms with Gasteiger partial charge in [-0.2, -0.15) is 0 Å². The van der Waals surface area contributed by atoms with Crippen LogP contribution in [0.3, 0.4) is 0 Å². The number of aryl methyl sites for hydroxylation is 1. The van der Waals surface area contributed by atoms with Gasteiger partial charge in [0.15, 0.2) is 0 Å². The van der Waals surface area contributed by atoms with Crippen LogP contribution < -0.4 is 5.73 Å². The maximum absolute atomic E-state index is 5.99. The Hall–Kier alpha value is -0.870. The first-order valence-corrected chi connectivity index (χ1v) is 6.11. The number of rotatable bonds is 8. The van der Waals surface area contributed by atoms with Gasteiger partial charge in [0.05, 0.1) is 6.61 Å². The van der Waals surface area contributed by atoms with Crippen molar-refractivity contribution in [2.45, 2.75) is 45.7 Å². The van der Waals surface area contributed by atoms with Crippen molar-refractivity contribution in [3.63, 3.8) is 0 Å². The highest BCUT2D eigenvalue weighted by molar-refractivity contribution is 4.95. The molecule has 0 fully saturated rings. The van der Waals surface area contributed by atoms with Gasteiger partial charge >= 0.3 is 0 Å². The summed E-state index contributed by atoms with van der Waals surface area (Å²) in [6.45, 7) is 6.68. The van der Waals surface area contributed by atoms with Crippen LogP contribution in [-0.2, 0) is 17.7 Å². The van der Waals surface area contributed by atoms with Crippen molar-refractivity contribution in [1.82, 2.24) is 9.55 Å². The summed E-state index contributed by atoms with van der Waals surface area (Å²) in [7, 11) is 0. The summed E-state index contributed by atoms with van der Waals surface area (Å²) in [6.07, 6.45) is 6.79. The average Bonchev–Trinajstić information content (AvgIpc) is 2.67. The van der Waals surface area contributed by atoms with Crippen molar-refractivity contribution in [3.05, 3.63) is 18.2 Å². The molecule has 0 spiro atoms. The minimum atomic E-state index is 0.0459. The van der Waals surface area contributed by atoms with E-state index >= 15 is 0 Å². The Labute approximate surface area is 97.8 Å².